The summed E-state index contributed by atoms with van der Waals surface area (Å²) in [7, 11) is 1.95. The van der Waals surface area contributed by atoms with Gasteiger partial charge in [-0.25, -0.2) is 20.8 Å². The van der Waals surface area contributed by atoms with E-state index in [1.165, 1.54) is 11.8 Å². The Labute approximate surface area is 110 Å². The predicted molar refractivity (Wildman–Crippen MR) is 71.3 cm³/mol. The fraction of sp³-hybridized carbons (Fsp3) is 0.364. The number of hydrogen-bond donors (Lipinski definition) is 2. The molecule has 0 fully saturated rings. The summed E-state index contributed by atoms with van der Waals surface area (Å²) >= 11 is 1.51. The number of aryl methyl sites for hydroxylation is 2. The molecule has 2 aromatic rings. The highest BCUT2D eigenvalue weighted by Crippen LogP contribution is 2.29. The Hall–Kier alpha value is -1.60. The highest BCUT2D eigenvalue weighted by Gasteiger charge is 2.12. The van der Waals surface area contributed by atoms with Gasteiger partial charge in [0.1, 0.15) is 16.7 Å². The molecule has 0 unspecified atom stereocenters. The summed E-state index contributed by atoms with van der Waals surface area (Å²) in [4.78, 5) is 13.1. The summed E-state index contributed by atoms with van der Waals surface area (Å²) in [6.45, 7) is 3.96. The van der Waals surface area contributed by atoms with Gasteiger partial charge >= 0.3 is 0 Å². The topological polar surface area (TPSA) is 81.6 Å². The Balaban J connectivity index is 2.40. The molecule has 18 heavy (non-hydrogen) atoms. The van der Waals surface area contributed by atoms with E-state index >= 15 is 0 Å². The number of hydrazine groups is 1. The Morgan fingerprint density at radius 2 is 2.22 bits per heavy atom. The average Bonchev–Trinajstić information content (AvgIpc) is 2.77. The van der Waals surface area contributed by atoms with Crippen molar-refractivity contribution >= 4 is 17.6 Å². The largest absolute Gasteiger partial charge is 0.329 e. The zero-order chi connectivity index (χ0) is 13.1. The molecule has 2 heterocycles. The van der Waals surface area contributed by atoms with Gasteiger partial charge in [-0.2, -0.15) is 0 Å². The van der Waals surface area contributed by atoms with E-state index in [1.54, 1.807) is 6.20 Å². The van der Waals surface area contributed by atoms with Crippen LogP contribution in [0.5, 0.6) is 0 Å². The molecule has 2 rings (SSSR count). The lowest BCUT2D eigenvalue weighted by Gasteiger charge is -2.10. The van der Waals surface area contributed by atoms with Crippen LogP contribution in [0.3, 0.4) is 0 Å². The minimum atomic E-state index is 0.665. The molecule has 0 amide bonds. The van der Waals surface area contributed by atoms with Crippen LogP contribution in [-0.2, 0) is 13.5 Å². The van der Waals surface area contributed by atoms with Gasteiger partial charge in [0, 0.05) is 31.4 Å². The second kappa shape index (κ2) is 5.36. The van der Waals surface area contributed by atoms with E-state index in [4.69, 9.17) is 5.84 Å². The summed E-state index contributed by atoms with van der Waals surface area (Å²) in [5.41, 5.74) is 3.55. The number of rotatable bonds is 4. The van der Waals surface area contributed by atoms with Gasteiger partial charge in [0.05, 0.1) is 0 Å². The predicted octanol–water partition coefficient (Wildman–Crippen LogP) is 1.52. The minimum absolute atomic E-state index is 0.665. The Morgan fingerprint density at radius 3 is 2.78 bits per heavy atom. The van der Waals surface area contributed by atoms with Gasteiger partial charge < -0.3 is 9.99 Å². The van der Waals surface area contributed by atoms with Crippen molar-refractivity contribution in [2.75, 3.05) is 5.43 Å². The molecule has 0 aromatic carbocycles. The number of hydrogen-bond acceptors (Lipinski definition) is 6. The van der Waals surface area contributed by atoms with Gasteiger partial charge in [0.15, 0.2) is 5.16 Å². The summed E-state index contributed by atoms with van der Waals surface area (Å²) in [6, 6.07) is 0. The van der Waals surface area contributed by atoms with Crippen molar-refractivity contribution in [2.45, 2.75) is 30.5 Å². The fourth-order valence-electron chi connectivity index (χ4n) is 1.48. The molecular formula is C11H16N6S. The second-order valence-electron chi connectivity index (χ2n) is 3.84. The molecule has 0 spiro atoms. The molecule has 0 aliphatic rings. The van der Waals surface area contributed by atoms with E-state index in [9.17, 15) is 0 Å². The third kappa shape index (κ3) is 2.46. The molecule has 7 heteroatoms. The average molecular weight is 264 g/mol. The highest BCUT2D eigenvalue weighted by atomic mass is 32.2. The maximum atomic E-state index is 5.48. The van der Waals surface area contributed by atoms with E-state index in [1.807, 2.05) is 31.7 Å². The van der Waals surface area contributed by atoms with Gasteiger partial charge in [0.2, 0.25) is 0 Å². The van der Waals surface area contributed by atoms with Gasteiger partial charge in [-0.15, -0.1) is 0 Å². The first kappa shape index (κ1) is 12.8. The first-order chi connectivity index (χ1) is 8.65. The molecule has 96 valence electrons. The highest BCUT2D eigenvalue weighted by molar-refractivity contribution is 7.99. The summed E-state index contributed by atoms with van der Waals surface area (Å²) < 4.78 is 1.95. The first-order valence-electron chi connectivity index (χ1n) is 5.65. The Morgan fingerprint density at radius 1 is 1.44 bits per heavy atom. The molecule has 3 N–H and O–H groups in total. The lowest BCUT2D eigenvalue weighted by Crippen LogP contribution is -2.13. The lowest BCUT2D eigenvalue weighted by molar-refractivity contribution is 0.785. The van der Waals surface area contributed by atoms with E-state index in [0.717, 1.165) is 28.0 Å². The Bertz CT molecular complexity index is 550. The summed E-state index contributed by atoms with van der Waals surface area (Å²) in [5, 5.41) is 1.77. The maximum Gasteiger partial charge on any atom is 0.174 e. The number of nitrogens with one attached hydrogen (secondary N) is 1. The number of nitrogens with two attached hydrogens (primary N) is 1. The van der Waals surface area contributed by atoms with Crippen molar-refractivity contribution in [2.24, 2.45) is 12.9 Å². The van der Waals surface area contributed by atoms with E-state index in [0.29, 0.717) is 5.82 Å². The minimum Gasteiger partial charge on any atom is -0.329 e. The molecule has 0 atom stereocenters. The zero-order valence-corrected chi connectivity index (χ0v) is 11.5. The van der Waals surface area contributed by atoms with Crippen LogP contribution in [0, 0.1) is 6.92 Å². The van der Waals surface area contributed by atoms with Gasteiger partial charge in [-0.3, -0.25) is 0 Å². The number of anilines is 1. The van der Waals surface area contributed by atoms with Crippen LogP contribution in [0.1, 0.15) is 18.3 Å². The van der Waals surface area contributed by atoms with Crippen molar-refractivity contribution < 1.29 is 0 Å². The van der Waals surface area contributed by atoms with Crippen molar-refractivity contribution in [3.63, 3.8) is 0 Å². The van der Waals surface area contributed by atoms with Crippen LogP contribution in [0.4, 0.5) is 5.82 Å². The van der Waals surface area contributed by atoms with Crippen LogP contribution in [0.2, 0.25) is 0 Å². The maximum absolute atomic E-state index is 5.48. The molecule has 6 nitrogen and oxygen atoms in total. The Kier molecular flexibility index (Phi) is 3.83. The van der Waals surface area contributed by atoms with Crippen molar-refractivity contribution in [1.82, 2.24) is 19.5 Å². The molecule has 2 aromatic heterocycles. The summed E-state index contributed by atoms with van der Waals surface area (Å²) in [6.07, 6.45) is 4.44. The van der Waals surface area contributed by atoms with Crippen LogP contribution in [-0.4, -0.2) is 19.5 Å². The van der Waals surface area contributed by atoms with Gasteiger partial charge in [0.25, 0.3) is 0 Å². The quantitative estimate of drug-likeness (QED) is 0.495. The zero-order valence-electron chi connectivity index (χ0n) is 10.6. The third-order valence-corrected chi connectivity index (χ3v) is 3.73. The number of nitrogens with zero attached hydrogens (tertiary/aromatic N) is 4. The van der Waals surface area contributed by atoms with Crippen molar-refractivity contribution in [3.8, 4) is 0 Å². The van der Waals surface area contributed by atoms with Crippen LogP contribution >= 0.6 is 11.8 Å². The number of imidazole rings is 1. The SMILES string of the molecule is CCc1nc(NN)c(C)c(Sc2nccn2C)n1. The number of nitrogen functional groups attached to an aromatic ring is 1. The monoisotopic (exact) mass is 264 g/mol. The molecule has 0 saturated heterocycles. The molecular weight excluding hydrogens is 248 g/mol. The smallest absolute Gasteiger partial charge is 0.174 e. The molecule has 0 bridgehead atoms. The molecule has 0 saturated carbocycles. The molecule has 0 radical (unpaired) electrons. The normalized spacial score (nSPS) is 10.7. The fourth-order valence-corrected chi connectivity index (χ4v) is 2.37. The van der Waals surface area contributed by atoms with Gasteiger partial charge in [-0.05, 0) is 18.7 Å². The van der Waals surface area contributed by atoms with Crippen LogP contribution in [0.25, 0.3) is 0 Å². The first-order valence-corrected chi connectivity index (χ1v) is 6.46. The second-order valence-corrected chi connectivity index (χ2v) is 4.80. The van der Waals surface area contributed by atoms with Gasteiger partial charge in [-0.1, -0.05) is 6.92 Å². The lowest BCUT2D eigenvalue weighted by atomic mass is 10.3. The van der Waals surface area contributed by atoms with Crippen molar-refractivity contribution in [3.05, 3.63) is 23.8 Å². The number of aromatic nitrogens is 4. The molecule has 0 aliphatic heterocycles. The van der Waals surface area contributed by atoms with Crippen LogP contribution in [0.15, 0.2) is 22.6 Å². The van der Waals surface area contributed by atoms with Crippen molar-refractivity contribution in [1.29, 1.82) is 0 Å². The molecule has 0 aliphatic carbocycles. The van der Waals surface area contributed by atoms with E-state index < -0.39 is 0 Å². The van der Waals surface area contributed by atoms with E-state index in [2.05, 4.69) is 20.4 Å². The van der Waals surface area contributed by atoms with E-state index in [-0.39, 0.29) is 0 Å². The third-order valence-electron chi connectivity index (χ3n) is 2.57. The standard InChI is InChI=1S/C11H16N6S/c1-4-8-14-9(16-12)7(2)10(15-8)18-11-13-5-6-17(11)3/h5-6H,4,12H2,1-3H3,(H,14,15,16). The summed E-state index contributed by atoms with van der Waals surface area (Å²) in [5.74, 6) is 6.91. The van der Waals surface area contributed by atoms with Crippen LogP contribution < -0.4 is 11.3 Å².